The summed E-state index contributed by atoms with van der Waals surface area (Å²) in [6.45, 7) is 8.10. The van der Waals surface area contributed by atoms with Gasteiger partial charge in [-0.25, -0.2) is 0 Å². The summed E-state index contributed by atoms with van der Waals surface area (Å²) >= 11 is 0. The Morgan fingerprint density at radius 2 is 0.820 bits per heavy atom. The zero-order chi connectivity index (χ0) is 41.8. The molecule has 2 N–H and O–H groups in total. The van der Waals surface area contributed by atoms with E-state index in [9.17, 15) is 10.2 Å². The van der Waals surface area contributed by atoms with Crippen molar-refractivity contribution >= 4 is 43.6 Å². The van der Waals surface area contributed by atoms with Gasteiger partial charge in [-0.3, -0.25) is 9.97 Å². The minimum atomic E-state index is -0.278. The highest BCUT2D eigenvalue weighted by molar-refractivity contribution is 6.10. The number of ether oxygens (including phenoxy) is 2. The summed E-state index contributed by atoms with van der Waals surface area (Å²) in [5.74, 6) is 1.50. The van der Waals surface area contributed by atoms with Crippen LogP contribution in [-0.4, -0.2) is 41.5 Å². The summed E-state index contributed by atoms with van der Waals surface area (Å²) < 4.78 is 17.6. The van der Waals surface area contributed by atoms with E-state index in [0.29, 0.717) is 51.5 Å². The molecule has 4 heterocycles. The average molecular weight is 801 g/mol. The number of phenols is 2. The number of benzene rings is 6. The molecule has 0 radical (unpaired) electrons. The van der Waals surface area contributed by atoms with Gasteiger partial charge in [0.25, 0.3) is 0 Å². The van der Waals surface area contributed by atoms with Crippen molar-refractivity contribution in [1.29, 1.82) is 0 Å². The zero-order valence-electron chi connectivity index (χ0n) is 34.4. The Balaban J connectivity index is 0.936. The fraction of sp³-hybridized carbons (Fsp3) is 0.132. The smallest absolute Gasteiger partial charge is 0.147 e. The van der Waals surface area contributed by atoms with Gasteiger partial charge in [0.15, 0.2) is 0 Å². The summed E-state index contributed by atoms with van der Waals surface area (Å²) in [5.41, 5.74) is 10.1. The minimum absolute atomic E-state index is 0.144. The maximum Gasteiger partial charge on any atom is 0.147 e. The van der Waals surface area contributed by atoms with Gasteiger partial charge in [0.05, 0.1) is 45.6 Å². The highest BCUT2D eigenvalue weighted by Gasteiger charge is 2.24. The third-order valence-electron chi connectivity index (χ3n) is 11.6. The van der Waals surface area contributed by atoms with E-state index in [0.717, 1.165) is 54.7 Å². The highest BCUT2D eigenvalue weighted by Crippen LogP contribution is 2.45. The molecule has 8 heteroatoms. The molecule has 2 atom stereocenters. The Morgan fingerprint density at radius 1 is 0.475 bits per heavy atom. The fourth-order valence-corrected chi connectivity index (χ4v) is 9.01. The number of para-hydroxylation sites is 4. The number of nitrogens with zero attached hydrogens (tertiary/aromatic N) is 4. The highest BCUT2D eigenvalue weighted by atomic mass is 16.5. The lowest BCUT2D eigenvalue weighted by Gasteiger charge is -2.23. The SMILES string of the molecule is Cc1cc(-c2cnccc2OC(C)C[C@@H](C)Oc2ccncc2-c2cc(C)cc(-n3c4ccccc4c4ccccc43)c2O)c(O)c(-n2c3ccccc3c3ccccc32)c1. The van der Waals surface area contributed by atoms with Gasteiger partial charge in [0, 0.05) is 75.0 Å². The van der Waals surface area contributed by atoms with E-state index in [4.69, 9.17) is 9.47 Å². The van der Waals surface area contributed by atoms with Crippen LogP contribution in [0.4, 0.5) is 0 Å². The van der Waals surface area contributed by atoms with Crippen molar-refractivity contribution < 1.29 is 19.7 Å². The van der Waals surface area contributed by atoms with Gasteiger partial charge in [-0.2, -0.15) is 0 Å². The molecule has 0 aliphatic carbocycles. The van der Waals surface area contributed by atoms with Crippen molar-refractivity contribution in [3.05, 3.63) is 169 Å². The molecule has 0 aliphatic heterocycles. The number of fused-ring (bicyclic) bond motifs is 6. The Kier molecular flexibility index (Phi) is 9.40. The zero-order valence-corrected chi connectivity index (χ0v) is 34.4. The molecule has 61 heavy (non-hydrogen) atoms. The van der Waals surface area contributed by atoms with Gasteiger partial charge in [0.2, 0.25) is 0 Å². The number of aromatic hydroxyl groups is 2. The fourth-order valence-electron chi connectivity index (χ4n) is 9.01. The van der Waals surface area contributed by atoms with Gasteiger partial charge in [-0.05, 0) is 99.5 Å². The standard InChI is InChI=1S/C53H44N4O4/c1-32-25-40(52(58)48(27-32)56-44-17-9-5-13-36(44)37-14-6-10-18-45(37)56)42-30-54-23-21-50(42)60-34(3)29-35(4)61-51-22-24-55-31-43(51)41-26-33(2)28-49(53(41)59)57-46-19-11-7-15-38(46)39-16-8-12-20-47(39)57/h5-28,30-31,34-35,58-59H,29H2,1-4H3/t34-,35?/m1/s1. The number of aromatic nitrogens is 4. The van der Waals surface area contributed by atoms with E-state index in [1.807, 2.05) is 113 Å². The Bertz CT molecular complexity index is 2970. The maximum absolute atomic E-state index is 12.1. The molecule has 300 valence electrons. The summed E-state index contributed by atoms with van der Waals surface area (Å²) in [5, 5.41) is 28.7. The van der Waals surface area contributed by atoms with Crippen molar-refractivity contribution in [1.82, 2.24) is 19.1 Å². The third-order valence-corrected chi connectivity index (χ3v) is 11.6. The van der Waals surface area contributed by atoms with Crippen LogP contribution >= 0.6 is 0 Å². The van der Waals surface area contributed by atoms with E-state index in [1.165, 1.54) is 0 Å². The van der Waals surface area contributed by atoms with Crippen LogP contribution in [0.25, 0.3) is 77.2 Å². The molecule has 0 saturated heterocycles. The summed E-state index contributed by atoms with van der Waals surface area (Å²) in [6.07, 6.45) is 6.89. The van der Waals surface area contributed by atoms with E-state index in [-0.39, 0.29) is 23.7 Å². The van der Waals surface area contributed by atoms with Crippen LogP contribution < -0.4 is 9.47 Å². The Hall–Kier alpha value is -7.58. The van der Waals surface area contributed by atoms with Crippen LogP contribution in [-0.2, 0) is 0 Å². The first kappa shape index (κ1) is 37.7. The monoisotopic (exact) mass is 800 g/mol. The molecule has 0 amide bonds. The average Bonchev–Trinajstić information content (AvgIpc) is 3.78. The maximum atomic E-state index is 12.1. The van der Waals surface area contributed by atoms with Crippen LogP contribution in [0.15, 0.2) is 158 Å². The number of hydrogen-bond donors (Lipinski definition) is 2. The Morgan fingerprint density at radius 3 is 1.18 bits per heavy atom. The number of hydrogen-bond acceptors (Lipinski definition) is 6. The molecular weight excluding hydrogens is 757 g/mol. The molecule has 0 saturated carbocycles. The lowest BCUT2D eigenvalue weighted by atomic mass is 10.0. The van der Waals surface area contributed by atoms with Gasteiger partial charge in [-0.15, -0.1) is 0 Å². The minimum Gasteiger partial charge on any atom is -0.505 e. The first-order chi connectivity index (χ1) is 29.7. The number of rotatable bonds is 10. The van der Waals surface area contributed by atoms with Crippen molar-refractivity contribution in [2.24, 2.45) is 0 Å². The second-order valence-corrected chi connectivity index (χ2v) is 15.9. The summed E-state index contributed by atoms with van der Waals surface area (Å²) in [4.78, 5) is 8.92. The van der Waals surface area contributed by atoms with E-state index < -0.39 is 0 Å². The second-order valence-electron chi connectivity index (χ2n) is 15.9. The molecule has 10 aromatic rings. The van der Waals surface area contributed by atoms with Crippen molar-refractivity contribution in [2.45, 2.75) is 46.3 Å². The van der Waals surface area contributed by atoms with Gasteiger partial charge in [0.1, 0.15) is 23.0 Å². The van der Waals surface area contributed by atoms with Crippen LogP contribution in [0.5, 0.6) is 23.0 Å². The molecule has 8 nitrogen and oxygen atoms in total. The number of aryl methyl sites for hydroxylation is 2. The largest absolute Gasteiger partial charge is 0.505 e. The molecule has 6 aromatic carbocycles. The first-order valence-corrected chi connectivity index (χ1v) is 20.6. The predicted octanol–water partition coefficient (Wildman–Crippen LogP) is 12.7. The van der Waals surface area contributed by atoms with Crippen LogP contribution in [0, 0.1) is 13.8 Å². The summed E-state index contributed by atoms with van der Waals surface area (Å²) in [6, 6.07) is 44.8. The number of phenolic OH excluding ortho intramolecular Hbond substituents is 2. The predicted molar refractivity (Wildman–Crippen MR) is 246 cm³/mol. The van der Waals surface area contributed by atoms with Crippen LogP contribution in [0.1, 0.15) is 31.4 Å². The number of pyridine rings is 2. The van der Waals surface area contributed by atoms with Crippen molar-refractivity contribution in [3.8, 4) is 56.6 Å². The van der Waals surface area contributed by atoms with Gasteiger partial charge in [-0.1, -0.05) is 72.8 Å². The topological polar surface area (TPSA) is 94.6 Å². The van der Waals surface area contributed by atoms with E-state index >= 15 is 0 Å². The second kappa shape index (κ2) is 15.2. The molecule has 0 spiro atoms. The van der Waals surface area contributed by atoms with Gasteiger partial charge >= 0.3 is 0 Å². The van der Waals surface area contributed by atoms with E-state index in [2.05, 4.69) is 67.6 Å². The molecule has 10 rings (SSSR count). The first-order valence-electron chi connectivity index (χ1n) is 20.6. The Labute approximate surface area is 353 Å². The molecule has 4 aromatic heterocycles. The van der Waals surface area contributed by atoms with E-state index in [1.54, 1.807) is 24.8 Å². The van der Waals surface area contributed by atoms with Crippen molar-refractivity contribution in [2.75, 3.05) is 0 Å². The van der Waals surface area contributed by atoms with Crippen molar-refractivity contribution in [3.63, 3.8) is 0 Å². The third kappa shape index (κ3) is 6.57. The molecule has 0 bridgehead atoms. The molecule has 0 fully saturated rings. The molecule has 1 unspecified atom stereocenters. The summed E-state index contributed by atoms with van der Waals surface area (Å²) in [7, 11) is 0. The van der Waals surface area contributed by atoms with Gasteiger partial charge < -0.3 is 28.8 Å². The lowest BCUT2D eigenvalue weighted by molar-refractivity contribution is 0.131. The van der Waals surface area contributed by atoms with Crippen LogP contribution in [0.2, 0.25) is 0 Å². The lowest BCUT2D eigenvalue weighted by Crippen LogP contribution is -2.23. The van der Waals surface area contributed by atoms with Crippen LogP contribution in [0.3, 0.4) is 0 Å². The molecule has 0 aliphatic rings. The quantitative estimate of drug-likeness (QED) is 0.143. The molecular formula is C53H44N4O4. The normalized spacial score (nSPS) is 12.7.